The van der Waals surface area contributed by atoms with Crippen LogP contribution in [-0.4, -0.2) is 42.0 Å². The van der Waals surface area contributed by atoms with Crippen molar-refractivity contribution in [3.63, 3.8) is 0 Å². The fourth-order valence-corrected chi connectivity index (χ4v) is 2.31. The zero-order valence-electron chi connectivity index (χ0n) is 14.9. The molecule has 0 radical (unpaired) electrons. The van der Waals surface area contributed by atoms with Crippen molar-refractivity contribution in [2.24, 2.45) is 4.99 Å². The number of halogens is 1. The molecule has 0 bridgehead atoms. The zero-order chi connectivity index (χ0) is 17.0. The maximum atomic E-state index is 5.34. The molecule has 0 amide bonds. The normalized spacial score (nSPS) is 11.0. The van der Waals surface area contributed by atoms with Gasteiger partial charge >= 0.3 is 0 Å². The standard InChI is InChI=1S/C18H27N5O.HI/c1-3-19-18(20-10-12-24-4-2)21-14-16-7-5-8-17(13-16)15-23-11-6-9-22-23;/h5-9,11,13H,3-4,10,12,14-15H2,1-2H3,(H2,19,20,21);1H. The molecule has 1 aromatic heterocycles. The largest absolute Gasteiger partial charge is 0.380 e. The molecule has 6 nitrogen and oxygen atoms in total. The Balaban J connectivity index is 0.00000312. The first-order valence-electron chi connectivity index (χ1n) is 8.47. The molecule has 25 heavy (non-hydrogen) atoms. The highest BCUT2D eigenvalue weighted by atomic mass is 127. The topological polar surface area (TPSA) is 63.5 Å². The van der Waals surface area contributed by atoms with E-state index in [1.54, 1.807) is 6.20 Å². The number of hydrogen-bond acceptors (Lipinski definition) is 3. The molecule has 0 saturated heterocycles. The second kappa shape index (κ2) is 12.7. The summed E-state index contributed by atoms with van der Waals surface area (Å²) in [6.07, 6.45) is 3.77. The van der Waals surface area contributed by atoms with Crippen LogP contribution in [0.4, 0.5) is 0 Å². The van der Waals surface area contributed by atoms with E-state index in [4.69, 9.17) is 4.74 Å². The number of aliphatic imine (C=N–C) groups is 1. The van der Waals surface area contributed by atoms with Crippen LogP contribution in [-0.2, 0) is 17.8 Å². The van der Waals surface area contributed by atoms with Gasteiger partial charge in [-0.3, -0.25) is 4.68 Å². The first kappa shape index (κ1) is 21.4. The van der Waals surface area contributed by atoms with Crippen LogP contribution >= 0.6 is 24.0 Å². The average molecular weight is 457 g/mol. The predicted molar refractivity (Wildman–Crippen MR) is 112 cm³/mol. The molecule has 138 valence electrons. The van der Waals surface area contributed by atoms with Crippen molar-refractivity contribution >= 4 is 29.9 Å². The minimum Gasteiger partial charge on any atom is -0.380 e. The lowest BCUT2D eigenvalue weighted by Crippen LogP contribution is -2.39. The van der Waals surface area contributed by atoms with E-state index in [-0.39, 0.29) is 24.0 Å². The molecular formula is C18H28IN5O. The quantitative estimate of drug-likeness (QED) is 0.263. The van der Waals surface area contributed by atoms with Crippen LogP contribution in [0, 0.1) is 0 Å². The van der Waals surface area contributed by atoms with Crippen LogP contribution in [0.3, 0.4) is 0 Å². The molecule has 0 unspecified atom stereocenters. The molecule has 0 atom stereocenters. The van der Waals surface area contributed by atoms with Gasteiger partial charge in [-0.05, 0) is 31.0 Å². The van der Waals surface area contributed by atoms with Gasteiger partial charge in [0.15, 0.2) is 5.96 Å². The second-order valence-electron chi connectivity index (χ2n) is 5.34. The predicted octanol–water partition coefficient (Wildman–Crippen LogP) is 2.64. The van der Waals surface area contributed by atoms with Crippen molar-refractivity contribution in [1.29, 1.82) is 0 Å². The van der Waals surface area contributed by atoms with E-state index in [2.05, 4.69) is 51.9 Å². The highest BCUT2D eigenvalue weighted by Gasteiger charge is 2.00. The van der Waals surface area contributed by atoms with Gasteiger partial charge in [-0.25, -0.2) is 4.99 Å². The van der Waals surface area contributed by atoms with Crippen LogP contribution in [0.15, 0.2) is 47.7 Å². The highest BCUT2D eigenvalue weighted by molar-refractivity contribution is 14.0. The lowest BCUT2D eigenvalue weighted by atomic mass is 10.1. The maximum Gasteiger partial charge on any atom is 0.191 e. The lowest BCUT2D eigenvalue weighted by Gasteiger charge is -2.11. The fourth-order valence-electron chi connectivity index (χ4n) is 2.31. The number of guanidine groups is 1. The van der Waals surface area contributed by atoms with E-state index in [0.29, 0.717) is 13.2 Å². The minimum atomic E-state index is 0. The maximum absolute atomic E-state index is 5.34. The summed E-state index contributed by atoms with van der Waals surface area (Å²) >= 11 is 0. The summed E-state index contributed by atoms with van der Waals surface area (Å²) in [5.74, 6) is 0.815. The van der Waals surface area contributed by atoms with Gasteiger partial charge in [0.25, 0.3) is 0 Å². The molecule has 0 spiro atoms. The fraction of sp³-hybridized carbons (Fsp3) is 0.444. The molecule has 0 aliphatic carbocycles. The molecular weight excluding hydrogens is 429 g/mol. The van der Waals surface area contributed by atoms with Crippen molar-refractivity contribution in [2.45, 2.75) is 26.9 Å². The van der Waals surface area contributed by atoms with Gasteiger partial charge in [-0.2, -0.15) is 5.10 Å². The molecule has 2 aromatic rings. The monoisotopic (exact) mass is 457 g/mol. The van der Waals surface area contributed by atoms with Crippen molar-refractivity contribution in [2.75, 3.05) is 26.3 Å². The van der Waals surface area contributed by atoms with Crippen LogP contribution in [0.1, 0.15) is 25.0 Å². The zero-order valence-corrected chi connectivity index (χ0v) is 17.3. The van der Waals surface area contributed by atoms with Gasteiger partial charge < -0.3 is 15.4 Å². The third-order valence-electron chi connectivity index (χ3n) is 3.40. The number of hydrogen-bond donors (Lipinski definition) is 2. The third kappa shape index (κ3) is 8.35. The molecule has 2 N–H and O–H groups in total. The summed E-state index contributed by atoms with van der Waals surface area (Å²) in [7, 11) is 0. The van der Waals surface area contributed by atoms with Gasteiger partial charge in [0.1, 0.15) is 0 Å². The van der Waals surface area contributed by atoms with Crippen molar-refractivity contribution in [1.82, 2.24) is 20.4 Å². The number of aromatic nitrogens is 2. The van der Waals surface area contributed by atoms with E-state index >= 15 is 0 Å². The molecule has 0 aliphatic rings. The van der Waals surface area contributed by atoms with Crippen LogP contribution in [0.2, 0.25) is 0 Å². The smallest absolute Gasteiger partial charge is 0.191 e. The summed E-state index contributed by atoms with van der Waals surface area (Å²) in [6.45, 7) is 8.46. The minimum absolute atomic E-state index is 0. The molecule has 0 saturated carbocycles. The number of rotatable bonds is 9. The average Bonchev–Trinajstić information content (AvgIpc) is 3.10. The van der Waals surface area contributed by atoms with E-state index in [0.717, 1.165) is 32.2 Å². The summed E-state index contributed by atoms with van der Waals surface area (Å²) in [4.78, 5) is 4.64. The highest BCUT2D eigenvalue weighted by Crippen LogP contribution is 2.08. The molecule has 1 heterocycles. The molecule has 7 heteroatoms. The van der Waals surface area contributed by atoms with Crippen molar-refractivity contribution in [3.8, 4) is 0 Å². The van der Waals surface area contributed by atoms with Gasteiger partial charge in [-0.1, -0.05) is 24.3 Å². The second-order valence-corrected chi connectivity index (χ2v) is 5.34. The van der Waals surface area contributed by atoms with E-state index in [1.165, 1.54) is 11.1 Å². The molecule has 0 fully saturated rings. The molecule has 2 rings (SSSR count). The number of benzene rings is 1. The summed E-state index contributed by atoms with van der Waals surface area (Å²) in [5, 5.41) is 10.8. The summed E-state index contributed by atoms with van der Waals surface area (Å²) in [6, 6.07) is 10.4. The van der Waals surface area contributed by atoms with Gasteiger partial charge in [-0.15, -0.1) is 24.0 Å². The summed E-state index contributed by atoms with van der Waals surface area (Å²) in [5.41, 5.74) is 2.40. The molecule has 1 aromatic carbocycles. The first-order valence-corrected chi connectivity index (χ1v) is 8.47. The van der Waals surface area contributed by atoms with Gasteiger partial charge in [0.2, 0.25) is 0 Å². The Bertz CT molecular complexity index is 616. The third-order valence-corrected chi connectivity index (χ3v) is 3.40. The Morgan fingerprint density at radius 1 is 1.20 bits per heavy atom. The SMILES string of the molecule is CCNC(=NCc1cccc(Cn2cccn2)c1)NCCOCC.I. The Kier molecular flexibility index (Phi) is 10.9. The van der Waals surface area contributed by atoms with Crippen molar-refractivity contribution in [3.05, 3.63) is 53.9 Å². The Labute approximate surface area is 167 Å². The number of nitrogens with one attached hydrogen (secondary N) is 2. The van der Waals surface area contributed by atoms with Gasteiger partial charge in [0.05, 0.1) is 19.7 Å². The summed E-state index contributed by atoms with van der Waals surface area (Å²) < 4.78 is 7.26. The first-order chi connectivity index (χ1) is 11.8. The Morgan fingerprint density at radius 2 is 2.04 bits per heavy atom. The van der Waals surface area contributed by atoms with E-state index in [1.807, 2.05) is 23.9 Å². The van der Waals surface area contributed by atoms with Crippen LogP contribution < -0.4 is 10.6 Å². The lowest BCUT2D eigenvalue weighted by molar-refractivity contribution is 0.152. The van der Waals surface area contributed by atoms with E-state index < -0.39 is 0 Å². The van der Waals surface area contributed by atoms with Crippen molar-refractivity contribution < 1.29 is 4.74 Å². The Morgan fingerprint density at radius 3 is 2.76 bits per heavy atom. The Hall–Kier alpha value is -1.61. The van der Waals surface area contributed by atoms with Gasteiger partial charge in [0, 0.05) is 32.1 Å². The van der Waals surface area contributed by atoms with Crippen LogP contribution in [0.25, 0.3) is 0 Å². The number of nitrogens with zero attached hydrogens (tertiary/aromatic N) is 3. The number of ether oxygens (including phenoxy) is 1. The van der Waals surface area contributed by atoms with Crippen LogP contribution in [0.5, 0.6) is 0 Å². The molecule has 0 aliphatic heterocycles. The van der Waals surface area contributed by atoms with E-state index in [9.17, 15) is 0 Å².